The number of thioether (sulfide) groups is 1. The first-order valence-electron chi connectivity index (χ1n) is 7.23. The molecule has 130 valence electrons. The first-order chi connectivity index (χ1) is 12.1. The smallest absolute Gasteiger partial charge is 0.237 e. The van der Waals surface area contributed by atoms with E-state index in [1.807, 2.05) is 0 Å². The van der Waals surface area contributed by atoms with Gasteiger partial charge in [0.25, 0.3) is 0 Å². The Hall–Kier alpha value is -2.61. The number of hydrogen-bond acceptors (Lipinski definition) is 6. The van der Waals surface area contributed by atoms with Gasteiger partial charge in [-0.25, -0.2) is 8.78 Å². The molecule has 3 aromatic rings. The summed E-state index contributed by atoms with van der Waals surface area (Å²) in [4.78, 5) is 4.88. The van der Waals surface area contributed by atoms with Crippen LogP contribution in [0.5, 0.6) is 11.5 Å². The second kappa shape index (κ2) is 7.52. The Balaban J connectivity index is 1.73. The summed E-state index contributed by atoms with van der Waals surface area (Å²) in [5.74, 6) is 0.512. The number of aromatic nitrogens is 2. The van der Waals surface area contributed by atoms with Gasteiger partial charge in [0.15, 0.2) is 23.1 Å². The van der Waals surface area contributed by atoms with Gasteiger partial charge >= 0.3 is 0 Å². The highest BCUT2D eigenvalue weighted by molar-refractivity contribution is 7.98. The number of methoxy groups -OCH3 is 2. The van der Waals surface area contributed by atoms with Crippen LogP contribution in [0.3, 0.4) is 0 Å². The average Bonchev–Trinajstić information content (AvgIpc) is 3.11. The maximum atomic E-state index is 13.2. The molecule has 2 aromatic carbocycles. The van der Waals surface area contributed by atoms with E-state index in [4.69, 9.17) is 14.0 Å². The monoisotopic (exact) mass is 364 g/mol. The van der Waals surface area contributed by atoms with E-state index in [1.54, 1.807) is 32.4 Å². The molecule has 0 spiro atoms. The summed E-state index contributed by atoms with van der Waals surface area (Å²) in [6, 6.07) is 9.00. The highest BCUT2D eigenvalue weighted by Crippen LogP contribution is 2.31. The number of halogens is 2. The van der Waals surface area contributed by atoms with Gasteiger partial charge in [0.1, 0.15) is 0 Å². The van der Waals surface area contributed by atoms with Crippen molar-refractivity contribution in [2.45, 2.75) is 10.6 Å². The van der Waals surface area contributed by atoms with E-state index < -0.39 is 11.6 Å². The Bertz CT molecular complexity index is 886. The van der Waals surface area contributed by atoms with Crippen molar-refractivity contribution in [3.63, 3.8) is 0 Å². The Labute approximate surface area is 147 Å². The molecule has 0 unspecified atom stereocenters. The van der Waals surface area contributed by atoms with Crippen molar-refractivity contribution < 1.29 is 22.8 Å². The molecule has 0 aliphatic carbocycles. The van der Waals surface area contributed by atoms with Crippen LogP contribution in [0.25, 0.3) is 11.4 Å². The minimum absolute atomic E-state index is 0.339. The number of rotatable bonds is 6. The van der Waals surface area contributed by atoms with Crippen LogP contribution in [0.4, 0.5) is 8.78 Å². The number of ether oxygens (including phenoxy) is 2. The van der Waals surface area contributed by atoms with Gasteiger partial charge in [-0.3, -0.25) is 0 Å². The fourth-order valence-electron chi connectivity index (χ4n) is 2.12. The van der Waals surface area contributed by atoms with Crippen LogP contribution in [0, 0.1) is 11.6 Å². The lowest BCUT2D eigenvalue weighted by Crippen LogP contribution is -1.91. The minimum Gasteiger partial charge on any atom is -0.493 e. The summed E-state index contributed by atoms with van der Waals surface area (Å²) in [6.45, 7) is 0. The molecule has 5 nitrogen and oxygen atoms in total. The molecule has 0 N–H and O–H groups in total. The third kappa shape index (κ3) is 3.90. The molecule has 0 radical (unpaired) electrons. The molecule has 25 heavy (non-hydrogen) atoms. The molecular weight excluding hydrogens is 350 g/mol. The number of hydrogen-bond donors (Lipinski definition) is 0. The van der Waals surface area contributed by atoms with Gasteiger partial charge in [0.05, 0.1) is 20.0 Å². The molecule has 3 rings (SSSR count). The Morgan fingerprint density at radius 1 is 1.00 bits per heavy atom. The summed E-state index contributed by atoms with van der Waals surface area (Å²) in [5, 5.41) is 3.93. The van der Waals surface area contributed by atoms with Crippen molar-refractivity contribution >= 4 is 11.8 Å². The quantitative estimate of drug-likeness (QED) is 0.607. The van der Waals surface area contributed by atoms with Crippen molar-refractivity contribution in [1.82, 2.24) is 10.1 Å². The lowest BCUT2D eigenvalue weighted by atomic mass is 10.2. The fraction of sp³-hybridized carbons (Fsp3) is 0.176. The standard InChI is InChI=1S/C17H14F2N2O3S/c1-22-14-6-3-10(7-15(14)23-2)17-20-16(24-21-17)9-25-11-4-5-12(18)13(19)8-11/h3-8H,9H2,1-2H3. The Morgan fingerprint density at radius 2 is 1.80 bits per heavy atom. The molecule has 0 aliphatic rings. The summed E-state index contributed by atoms with van der Waals surface area (Å²) in [7, 11) is 3.10. The first-order valence-corrected chi connectivity index (χ1v) is 8.22. The van der Waals surface area contributed by atoms with Crippen LogP contribution in [0.1, 0.15) is 5.89 Å². The van der Waals surface area contributed by atoms with Gasteiger partial charge in [-0.15, -0.1) is 11.8 Å². The molecule has 0 amide bonds. The molecule has 8 heteroatoms. The second-order valence-electron chi connectivity index (χ2n) is 4.95. The van der Waals surface area contributed by atoms with Crippen molar-refractivity contribution in [2.24, 2.45) is 0 Å². The molecule has 0 atom stereocenters. The molecule has 1 aromatic heterocycles. The van der Waals surface area contributed by atoms with Gasteiger partial charge < -0.3 is 14.0 Å². The zero-order chi connectivity index (χ0) is 17.8. The number of nitrogens with zero attached hydrogens (tertiary/aromatic N) is 2. The molecule has 0 fully saturated rings. The van der Waals surface area contributed by atoms with Crippen LogP contribution < -0.4 is 9.47 Å². The minimum atomic E-state index is -0.887. The normalized spacial score (nSPS) is 10.7. The van der Waals surface area contributed by atoms with Gasteiger partial charge in [0.2, 0.25) is 11.7 Å². The van der Waals surface area contributed by atoms with Crippen LogP contribution in [-0.4, -0.2) is 24.4 Å². The van der Waals surface area contributed by atoms with E-state index >= 15 is 0 Å². The maximum Gasteiger partial charge on any atom is 0.237 e. The van der Waals surface area contributed by atoms with Crippen LogP contribution >= 0.6 is 11.8 Å². The van der Waals surface area contributed by atoms with Crippen LogP contribution in [0.15, 0.2) is 45.8 Å². The second-order valence-corrected chi connectivity index (χ2v) is 5.99. The number of benzene rings is 2. The summed E-state index contributed by atoms with van der Waals surface area (Å²) < 4.78 is 41.8. The third-order valence-corrected chi connectivity index (χ3v) is 4.34. The first kappa shape index (κ1) is 17.2. The lowest BCUT2D eigenvalue weighted by molar-refractivity contribution is 0.355. The highest BCUT2D eigenvalue weighted by atomic mass is 32.2. The van der Waals surface area contributed by atoms with Crippen molar-refractivity contribution in [2.75, 3.05) is 14.2 Å². The van der Waals surface area contributed by atoms with Crippen molar-refractivity contribution in [1.29, 1.82) is 0 Å². The molecule has 0 saturated heterocycles. The van der Waals surface area contributed by atoms with Crippen LogP contribution in [-0.2, 0) is 5.75 Å². The zero-order valence-corrected chi connectivity index (χ0v) is 14.3. The molecule has 0 saturated carbocycles. The van der Waals surface area contributed by atoms with E-state index in [0.29, 0.717) is 39.4 Å². The third-order valence-electron chi connectivity index (χ3n) is 3.36. The fourth-order valence-corrected chi connectivity index (χ4v) is 2.88. The Kier molecular flexibility index (Phi) is 5.18. The molecule has 0 bridgehead atoms. The summed E-state index contributed by atoms with van der Waals surface area (Å²) in [5.41, 5.74) is 0.713. The average molecular weight is 364 g/mol. The highest BCUT2D eigenvalue weighted by Gasteiger charge is 2.13. The molecule has 0 aliphatic heterocycles. The molecule has 1 heterocycles. The lowest BCUT2D eigenvalue weighted by Gasteiger charge is -2.07. The zero-order valence-electron chi connectivity index (χ0n) is 13.5. The van der Waals surface area contributed by atoms with E-state index in [-0.39, 0.29) is 0 Å². The SMILES string of the molecule is COc1ccc(-c2noc(CSc3ccc(F)c(F)c3)n2)cc1OC. The predicted octanol–water partition coefficient (Wildman–Crippen LogP) is 4.32. The molecular formula is C17H14F2N2O3S. The topological polar surface area (TPSA) is 57.4 Å². The van der Waals surface area contributed by atoms with Gasteiger partial charge in [0, 0.05) is 10.5 Å². The Morgan fingerprint density at radius 3 is 2.52 bits per heavy atom. The van der Waals surface area contributed by atoms with E-state index in [9.17, 15) is 8.78 Å². The van der Waals surface area contributed by atoms with Gasteiger partial charge in [-0.1, -0.05) is 5.16 Å². The largest absolute Gasteiger partial charge is 0.493 e. The van der Waals surface area contributed by atoms with E-state index in [0.717, 1.165) is 12.1 Å². The van der Waals surface area contributed by atoms with Crippen molar-refractivity contribution in [3.05, 3.63) is 53.9 Å². The van der Waals surface area contributed by atoms with E-state index in [1.165, 1.54) is 17.8 Å². The van der Waals surface area contributed by atoms with Crippen LogP contribution in [0.2, 0.25) is 0 Å². The summed E-state index contributed by atoms with van der Waals surface area (Å²) >= 11 is 1.27. The van der Waals surface area contributed by atoms with Gasteiger partial charge in [-0.05, 0) is 36.4 Å². The van der Waals surface area contributed by atoms with Crippen molar-refractivity contribution in [3.8, 4) is 22.9 Å². The van der Waals surface area contributed by atoms with E-state index in [2.05, 4.69) is 10.1 Å². The summed E-state index contributed by atoms with van der Waals surface area (Å²) in [6.07, 6.45) is 0. The predicted molar refractivity (Wildman–Crippen MR) is 88.8 cm³/mol. The maximum absolute atomic E-state index is 13.2. The van der Waals surface area contributed by atoms with Gasteiger partial charge in [-0.2, -0.15) is 4.98 Å².